The zero-order valence-electron chi connectivity index (χ0n) is 9.91. The standard InChI is InChI=1S/C13H20N2O/c1-2-6-14-8-12-5-7-15-9-13(12)16-10-11-3-4-11/h5,7,9,11,14H,2-4,6,8,10H2,1H3. The summed E-state index contributed by atoms with van der Waals surface area (Å²) in [6.45, 7) is 4.94. The Balaban J connectivity index is 1.87. The maximum Gasteiger partial charge on any atom is 0.142 e. The summed E-state index contributed by atoms with van der Waals surface area (Å²) in [6, 6.07) is 2.03. The number of nitrogens with one attached hydrogen (secondary N) is 1. The van der Waals surface area contributed by atoms with E-state index in [1.807, 2.05) is 18.5 Å². The van der Waals surface area contributed by atoms with Gasteiger partial charge < -0.3 is 10.1 Å². The molecule has 0 spiro atoms. The Hall–Kier alpha value is -1.09. The van der Waals surface area contributed by atoms with Crippen LogP contribution in [0.2, 0.25) is 0 Å². The predicted octanol–water partition coefficient (Wildman–Crippen LogP) is 2.37. The van der Waals surface area contributed by atoms with Crippen LogP contribution < -0.4 is 10.1 Å². The van der Waals surface area contributed by atoms with Crippen molar-refractivity contribution in [3.05, 3.63) is 24.0 Å². The molecule has 0 saturated heterocycles. The normalized spacial score (nSPS) is 15.1. The lowest BCUT2D eigenvalue weighted by atomic mass is 10.2. The van der Waals surface area contributed by atoms with Gasteiger partial charge in [0.2, 0.25) is 0 Å². The number of hydrogen-bond donors (Lipinski definition) is 1. The summed E-state index contributed by atoms with van der Waals surface area (Å²) < 4.78 is 5.79. The minimum absolute atomic E-state index is 0.789. The van der Waals surface area contributed by atoms with Gasteiger partial charge in [-0.05, 0) is 37.8 Å². The highest BCUT2D eigenvalue weighted by molar-refractivity contribution is 5.29. The van der Waals surface area contributed by atoms with Crippen LogP contribution in [-0.2, 0) is 6.54 Å². The second-order valence-corrected chi connectivity index (χ2v) is 4.41. The first kappa shape index (κ1) is 11.4. The van der Waals surface area contributed by atoms with E-state index in [9.17, 15) is 0 Å². The highest BCUT2D eigenvalue weighted by Crippen LogP contribution is 2.30. The van der Waals surface area contributed by atoms with E-state index < -0.39 is 0 Å². The second kappa shape index (κ2) is 5.85. The van der Waals surface area contributed by atoms with Gasteiger partial charge in [0.05, 0.1) is 12.8 Å². The van der Waals surface area contributed by atoms with Gasteiger partial charge in [0.25, 0.3) is 0 Å². The van der Waals surface area contributed by atoms with Gasteiger partial charge in [-0.2, -0.15) is 0 Å². The molecule has 2 rings (SSSR count). The molecule has 1 aliphatic rings. The van der Waals surface area contributed by atoms with Crippen LogP contribution in [0.25, 0.3) is 0 Å². The summed E-state index contributed by atoms with van der Waals surface area (Å²) in [5.74, 6) is 1.73. The molecular weight excluding hydrogens is 200 g/mol. The molecule has 0 amide bonds. The van der Waals surface area contributed by atoms with E-state index in [4.69, 9.17) is 4.74 Å². The lowest BCUT2D eigenvalue weighted by Crippen LogP contribution is -2.15. The third-order valence-corrected chi connectivity index (χ3v) is 2.78. The molecule has 0 atom stereocenters. The van der Waals surface area contributed by atoms with E-state index in [1.54, 1.807) is 0 Å². The summed E-state index contributed by atoms with van der Waals surface area (Å²) in [7, 11) is 0. The van der Waals surface area contributed by atoms with E-state index in [0.717, 1.165) is 37.8 Å². The molecular formula is C13H20N2O. The van der Waals surface area contributed by atoms with Gasteiger partial charge in [0.15, 0.2) is 0 Å². The van der Waals surface area contributed by atoms with E-state index in [-0.39, 0.29) is 0 Å². The fourth-order valence-electron chi connectivity index (χ4n) is 1.58. The Kier molecular flexibility index (Phi) is 4.17. The van der Waals surface area contributed by atoms with Crippen molar-refractivity contribution in [1.82, 2.24) is 10.3 Å². The summed E-state index contributed by atoms with van der Waals surface area (Å²) in [6.07, 6.45) is 7.45. The van der Waals surface area contributed by atoms with Gasteiger partial charge >= 0.3 is 0 Å². The van der Waals surface area contributed by atoms with Gasteiger partial charge in [0, 0.05) is 18.3 Å². The Morgan fingerprint density at radius 3 is 3.12 bits per heavy atom. The Labute approximate surface area is 97.2 Å². The summed E-state index contributed by atoms with van der Waals surface area (Å²) >= 11 is 0. The highest BCUT2D eigenvalue weighted by atomic mass is 16.5. The van der Waals surface area contributed by atoms with E-state index in [2.05, 4.69) is 17.2 Å². The van der Waals surface area contributed by atoms with Gasteiger partial charge in [-0.15, -0.1) is 0 Å². The fraction of sp³-hybridized carbons (Fsp3) is 0.615. The van der Waals surface area contributed by atoms with E-state index in [1.165, 1.54) is 18.4 Å². The van der Waals surface area contributed by atoms with Gasteiger partial charge in [-0.25, -0.2) is 0 Å². The summed E-state index contributed by atoms with van der Waals surface area (Å²) in [5.41, 5.74) is 1.21. The third kappa shape index (κ3) is 3.49. The molecule has 0 aromatic carbocycles. The SMILES string of the molecule is CCCNCc1ccncc1OCC1CC1. The first-order chi connectivity index (χ1) is 7.90. The van der Waals surface area contributed by atoms with Crippen molar-refractivity contribution in [3.8, 4) is 5.75 Å². The van der Waals surface area contributed by atoms with Crippen molar-refractivity contribution in [2.45, 2.75) is 32.7 Å². The third-order valence-electron chi connectivity index (χ3n) is 2.78. The lowest BCUT2D eigenvalue weighted by Gasteiger charge is -2.10. The Morgan fingerprint density at radius 2 is 2.38 bits per heavy atom. The molecule has 1 saturated carbocycles. The van der Waals surface area contributed by atoms with Crippen molar-refractivity contribution < 1.29 is 4.74 Å². The molecule has 1 heterocycles. The maximum atomic E-state index is 5.79. The van der Waals surface area contributed by atoms with Crippen molar-refractivity contribution in [2.75, 3.05) is 13.2 Å². The molecule has 1 aromatic heterocycles. The molecule has 1 aromatic rings. The Bertz CT molecular complexity index is 323. The van der Waals surface area contributed by atoms with Crippen molar-refractivity contribution in [1.29, 1.82) is 0 Å². The average Bonchev–Trinajstić information content (AvgIpc) is 3.12. The van der Waals surface area contributed by atoms with Crippen LogP contribution in [0.4, 0.5) is 0 Å². The van der Waals surface area contributed by atoms with Crippen molar-refractivity contribution in [3.63, 3.8) is 0 Å². The van der Waals surface area contributed by atoms with Crippen molar-refractivity contribution >= 4 is 0 Å². The molecule has 0 radical (unpaired) electrons. The van der Waals surface area contributed by atoms with Crippen LogP contribution in [0.3, 0.4) is 0 Å². The Morgan fingerprint density at radius 1 is 1.50 bits per heavy atom. The van der Waals surface area contributed by atoms with Crippen LogP contribution in [0.5, 0.6) is 5.75 Å². The predicted molar refractivity (Wildman–Crippen MR) is 64.5 cm³/mol. The minimum Gasteiger partial charge on any atom is -0.491 e. The molecule has 16 heavy (non-hydrogen) atoms. The summed E-state index contributed by atoms with van der Waals surface area (Å²) in [5, 5.41) is 3.39. The lowest BCUT2D eigenvalue weighted by molar-refractivity contribution is 0.295. The molecule has 0 aliphatic heterocycles. The topological polar surface area (TPSA) is 34.2 Å². The zero-order chi connectivity index (χ0) is 11.2. The molecule has 3 heteroatoms. The molecule has 1 aliphatic carbocycles. The monoisotopic (exact) mass is 220 g/mol. The first-order valence-corrected chi connectivity index (χ1v) is 6.16. The van der Waals surface area contributed by atoms with Crippen LogP contribution in [0.15, 0.2) is 18.5 Å². The quantitative estimate of drug-likeness (QED) is 0.716. The summed E-state index contributed by atoms with van der Waals surface area (Å²) in [4.78, 5) is 4.12. The number of aromatic nitrogens is 1. The van der Waals surface area contributed by atoms with Crippen LogP contribution in [0.1, 0.15) is 31.7 Å². The van der Waals surface area contributed by atoms with Crippen LogP contribution in [0, 0.1) is 5.92 Å². The molecule has 3 nitrogen and oxygen atoms in total. The van der Waals surface area contributed by atoms with Crippen LogP contribution in [-0.4, -0.2) is 18.1 Å². The fourth-order valence-corrected chi connectivity index (χ4v) is 1.58. The number of rotatable bonds is 7. The highest BCUT2D eigenvalue weighted by Gasteiger charge is 2.22. The van der Waals surface area contributed by atoms with Crippen LogP contribution >= 0.6 is 0 Å². The van der Waals surface area contributed by atoms with Gasteiger partial charge in [-0.3, -0.25) is 4.98 Å². The molecule has 88 valence electrons. The minimum atomic E-state index is 0.789. The smallest absolute Gasteiger partial charge is 0.142 e. The zero-order valence-corrected chi connectivity index (χ0v) is 9.91. The van der Waals surface area contributed by atoms with Gasteiger partial charge in [0.1, 0.15) is 5.75 Å². The number of hydrogen-bond acceptors (Lipinski definition) is 3. The molecule has 0 bridgehead atoms. The van der Waals surface area contributed by atoms with Crippen molar-refractivity contribution in [2.24, 2.45) is 5.92 Å². The number of nitrogens with zero attached hydrogens (tertiary/aromatic N) is 1. The number of pyridine rings is 1. The number of ether oxygens (including phenoxy) is 1. The molecule has 1 N–H and O–H groups in total. The average molecular weight is 220 g/mol. The largest absolute Gasteiger partial charge is 0.491 e. The first-order valence-electron chi connectivity index (χ1n) is 6.16. The van der Waals surface area contributed by atoms with E-state index >= 15 is 0 Å². The second-order valence-electron chi connectivity index (χ2n) is 4.41. The van der Waals surface area contributed by atoms with Gasteiger partial charge in [-0.1, -0.05) is 6.92 Å². The van der Waals surface area contributed by atoms with E-state index in [0.29, 0.717) is 0 Å². The maximum absolute atomic E-state index is 5.79. The molecule has 1 fully saturated rings. The molecule has 0 unspecified atom stereocenters.